The van der Waals surface area contributed by atoms with Gasteiger partial charge in [-0.3, -0.25) is 4.31 Å². The van der Waals surface area contributed by atoms with Gasteiger partial charge in [0.1, 0.15) is 5.82 Å². The number of fused-ring (bicyclic) bond motifs is 1. The highest BCUT2D eigenvalue weighted by Gasteiger charge is 2.36. The van der Waals surface area contributed by atoms with E-state index in [1.807, 2.05) is 31.2 Å². The Labute approximate surface area is 162 Å². The van der Waals surface area contributed by atoms with Gasteiger partial charge in [-0.1, -0.05) is 35.9 Å². The Balaban J connectivity index is 1.69. The molecular weight excluding hydrogens is 381 g/mol. The first-order valence-corrected chi connectivity index (χ1v) is 10.9. The van der Waals surface area contributed by atoms with Crippen molar-refractivity contribution in [3.05, 3.63) is 89.7 Å². The van der Waals surface area contributed by atoms with E-state index in [-0.39, 0.29) is 16.0 Å². The number of halogens is 1. The SMILES string of the molecule is Cc1ccc(S(=O)(=O)N2CC(Sc3ccc(F)cc3)c3ccccc32)cc1. The summed E-state index contributed by atoms with van der Waals surface area (Å²) in [6, 6.07) is 20.8. The molecule has 1 heterocycles. The van der Waals surface area contributed by atoms with Gasteiger partial charge in [-0.25, -0.2) is 12.8 Å². The van der Waals surface area contributed by atoms with E-state index in [9.17, 15) is 12.8 Å². The highest BCUT2D eigenvalue weighted by atomic mass is 32.2. The van der Waals surface area contributed by atoms with Crippen LogP contribution in [-0.4, -0.2) is 15.0 Å². The van der Waals surface area contributed by atoms with Crippen LogP contribution in [0.4, 0.5) is 10.1 Å². The molecule has 1 unspecified atom stereocenters. The summed E-state index contributed by atoms with van der Waals surface area (Å²) in [6.07, 6.45) is 0. The van der Waals surface area contributed by atoms with Gasteiger partial charge in [0.15, 0.2) is 0 Å². The second-order valence-corrected chi connectivity index (χ2v) is 9.61. The largest absolute Gasteiger partial charge is 0.265 e. The van der Waals surface area contributed by atoms with Crippen LogP contribution >= 0.6 is 11.8 Å². The number of thioether (sulfide) groups is 1. The minimum Gasteiger partial charge on any atom is -0.265 e. The Morgan fingerprint density at radius 1 is 0.963 bits per heavy atom. The van der Waals surface area contributed by atoms with Crippen LogP contribution in [0.3, 0.4) is 0 Å². The molecule has 0 saturated carbocycles. The van der Waals surface area contributed by atoms with Gasteiger partial charge in [0.25, 0.3) is 10.0 Å². The summed E-state index contributed by atoms with van der Waals surface area (Å²) >= 11 is 1.55. The molecule has 6 heteroatoms. The molecule has 1 aliphatic heterocycles. The van der Waals surface area contributed by atoms with Crippen molar-refractivity contribution in [2.45, 2.75) is 22.0 Å². The van der Waals surface area contributed by atoms with Crippen molar-refractivity contribution in [3.63, 3.8) is 0 Å². The molecule has 3 nitrogen and oxygen atoms in total. The van der Waals surface area contributed by atoms with Crippen LogP contribution in [-0.2, 0) is 10.0 Å². The van der Waals surface area contributed by atoms with Crippen molar-refractivity contribution in [2.24, 2.45) is 0 Å². The average molecular weight is 400 g/mol. The number of rotatable bonds is 4. The standard InChI is InChI=1S/C21H18FNO2S2/c1-15-6-12-18(13-7-15)27(24,25)23-14-21(19-4-2-3-5-20(19)23)26-17-10-8-16(22)9-11-17/h2-13,21H,14H2,1H3. The molecule has 3 aromatic rings. The third kappa shape index (κ3) is 3.47. The third-order valence-electron chi connectivity index (χ3n) is 4.58. The minimum absolute atomic E-state index is 0.0492. The predicted molar refractivity (Wildman–Crippen MR) is 107 cm³/mol. The first-order chi connectivity index (χ1) is 12.9. The van der Waals surface area contributed by atoms with E-state index in [2.05, 4.69) is 0 Å². The number of sulfonamides is 1. The number of nitrogens with zero attached hydrogens (tertiary/aromatic N) is 1. The van der Waals surface area contributed by atoms with Crippen LogP contribution < -0.4 is 4.31 Å². The number of aryl methyl sites for hydroxylation is 1. The van der Waals surface area contributed by atoms with E-state index in [0.717, 1.165) is 16.0 Å². The molecule has 0 aromatic heterocycles. The van der Waals surface area contributed by atoms with E-state index >= 15 is 0 Å². The molecule has 0 aliphatic carbocycles. The summed E-state index contributed by atoms with van der Waals surface area (Å²) in [7, 11) is -3.64. The van der Waals surface area contributed by atoms with E-state index in [0.29, 0.717) is 12.2 Å². The van der Waals surface area contributed by atoms with Crippen LogP contribution in [0.2, 0.25) is 0 Å². The predicted octanol–water partition coefficient (Wildman–Crippen LogP) is 5.18. The quantitative estimate of drug-likeness (QED) is 0.607. The van der Waals surface area contributed by atoms with E-state index < -0.39 is 10.0 Å². The van der Waals surface area contributed by atoms with Crippen molar-refractivity contribution in [2.75, 3.05) is 10.8 Å². The Morgan fingerprint density at radius 3 is 2.33 bits per heavy atom. The molecule has 0 saturated heterocycles. The fourth-order valence-electron chi connectivity index (χ4n) is 3.18. The van der Waals surface area contributed by atoms with Crippen molar-refractivity contribution in [1.29, 1.82) is 0 Å². The molecule has 0 radical (unpaired) electrons. The fraction of sp³-hybridized carbons (Fsp3) is 0.143. The first-order valence-electron chi connectivity index (χ1n) is 8.56. The second kappa shape index (κ2) is 7.02. The minimum atomic E-state index is -3.64. The lowest BCUT2D eigenvalue weighted by atomic mass is 10.2. The van der Waals surface area contributed by atoms with Crippen molar-refractivity contribution in [3.8, 4) is 0 Å². The van der Waals surface area contributed by atoms with Gasteiger partial charge in [-0.2, -0.15) is 0 Å². The molecule has 0 spiro atoms. The van der Waals surface area contributed by atoms with Crippen LogP contribution in [0.5, 0.6) is 0 Å². The topological polar surface area (TPSA) is 37.4 Å². The maximum absolute atomic E-state index is 13.2. The Morgan fingerprint density at radius 2 is 1.63 bits per heavy atom. The normalized spacial score (nSPS) is 16.4. The number of para-hydroxylation sites is 1. The molecule has 1 aliphatic rings. The summed E-state index contributed by atoms with van der Waals surface area (Å²) < 4.78 is 41.1. The van der Waals surface area contributed by atoms with Crippen molar-refractivity contribution in [1.82, 2.24) is 0 Å². The Hall–Kier alpha value is -2.31. The van der Waals surface area contributed by atoms with Gasteiger partial charge in [-0.05, 0) is 55.0 Å². The monoisotopic (exact) mass is 399 g/mol. The maximum atomic E-state index is 13.2. The molecule has 138 valence electrons. The highest BCUT2D eigenvalue weighted by molar-refractivity contribution is 7.99. The number of hydrogen-bond acceptors (Lipinski definition) is 3. The molecule has 0 amide bonds. The smallest absolute Gasteiger partial charge is 0.264 e. The second-order valence-electron chi connectivity index (χ2n) is 6.47. The van der Waals surface area contributed by atoms with E-state index in [4.69, 9.17) is 0 Å². The molecule has 0 N–H and O–H groups in total. The molecule has 4 rings (SSSR count). The van der Waals surface area contributed by atoms with Gasteiger partial charge < -0.3 is 0 Å². The zero-order valence-corrected chi connectivity index (χ0v) is 16.3. The lowest BCUT2D eigenvalue weighted by Gasteiger charge is -2.20. The summed E-state index contributed by atoms with van der Waals surface area (Å²) in [5.41, 5.74) is 2.70. The number of anilines is 1. The van der Waals surface area contributed by atoms with E-state index in [1.165, 1.54) is 16.4 Å². The Kier molecular flexibility index (Phi) is 4.70. The third-order valence-corrected chi connectivity index (χ3v) is 7.61. The lowest BCUT2D eigenvalue weighted by molar-refractivity contribution is 0.592. The van der Waals surface area contributed by atoms with Gasteiger partial charge in [0, 0.05) is 4.90 Å². The van der Waals surface area contributed by atoms with Gasteiger partial charge in [-0.15, -0.1) is 11.8 Å². The van der Waals surface area contributed by atoms with Crippen molar-refractivity contribution < 1.29 is 12.8 Å². The van der Waals surface area contributed by atoms with Crippen molar-refractivity contribution >= 4 is 27.5 Å². The van der Waals surface area contributed by atoms with Gasteiger partial charge >= 0.3 is 0 Å². The summed E-state index contributed by atoms with van der Waals surface area (Å²) in [5, 5.41) is -0.0492. The lowest BCUT2D eigenvalue weighted by Crippen LogP contribution is -2.29. The molecule has 0 bridgehead atoms. The van der Waals surface area contributed by atoms with Gasteiger partial charge in [0.05, 0.1) is 22.4 Å². The zero-order valence-electron chi connectivity index (χ0n) is 14.7. The zero-order chi connectivity index (χ0) is 19.0. The first kappa shape index (κ1) is 18.1. The van der Waals surface area contributed by atoms with Crippen LogP contribution in [0.25, 0.3) is 0 Å². The molecule has 1 atom stereocenters. The van der Waals surface area contributed by atoms with E-state index in [1.54, 1.807) is 48.2 Å². The summed E-state index contributed by atoms with van der Waals surface area (Å²) in [6.45, 7) is 2.27. The summed E-state index contributed by atoms with van der Waals surface area (Å²) in [5.74, 6) is -0.283. The molecule has 0 fully saturated rings. The number of benzene rings is 3. The van der Waals surface area contributed by atoms with Gasteiger partial charge in [0.2, 0.25) is 0 Å². The molecular formula is C21H18FNO2S2. The Bertz CT molecular complexity index is 1060. The molecule has 3 aromatic carbocycles. The molecule has 27 heavy (non-hydrogen) atoms. The van der Waals surface area contributed by atoms with Crippen LogP contribution in [0, 0.1) is 12.7 Å². The average Bonchev–Trinajstić information content (AvgIpc) is 3.03. The fourth-order valence-corrected chi connectivity index (χ4v) is 5.95. The highest BCUT2D eigenvalue weighted by Crippen LogP contribution is 2.47. The van der Waals surface area contributed by atoms with Crippen LogP contribution in [0.15, 0.2) is 82.6 Å². The summed E-state index contributed by atoms with van der Waals surface area (Å²) in [4.78, 5) is 1.20. The number of hydrogen-bond donors (Lipinski definition) is 0. The maximum Gasteiger partial charge on any atom is 0.264 e. The van der Waals surface area contributed by atoms with Crippen LogP contribution in [0.1, 0.15) is 16.4 Å².